The van der Waals surface area contributed by atoms with Crippen molar-refractivity contribution in [2.24, 2.45) is 0 Å². The highest BCUT2D eigenvalue weighted by atomic mass is 32.1. The molecule has 0 saturated heterocycles. The summed E-state index contributed by atoms with van der Waals surface area (Å²) >= 11 is 1.58. The molecular weight excluding hydrogens is 382 g/mol. The van der Waals surface area contributed by atoms with Crippen LogP contribution in [0.3, 0.4) is 0 Å². The summed E-state index contributed by atoms with van der Waals surface area (Å²) in [5.74, 6) is 0. The van der Waals surface area contributed by atoms with E-state index in [1.807, 2.05) is 54.8 Å². The lowest BCUT2D eigenvalue weighted by atomic mass is 10.1. The van der Waals surface area contributed by atoms with Crippen LogP contribution in [0.15, 0.2) is 71.1 Å². The summed E-state index contributed by atoms with van der Waals surface area (Å²) in [4.78, 5) is 26.2. The average molecular weight is 399 g/mol. The van der Waals surface area contributed by atoms with Gasteiger partial charge >= 0.3 is 0 Å². The molecule has 1 aromatic carbocycles. The van der Waals surface area contributed by atoms with Crippen molar-refractivity contribution in [3.05, 3.63) is 93.7 Å². The van der Waals surface area contributed by atoms with Gasteiger partial charge in [-0.2, -0.15) is 0 Å². The molecule has 0 aliphatic heterocycles. The summed E-state index contributed by atoms with van der Waals surface area (Å²) in [6.45, 7) is 1.96. The summed E-state index contributed by atoms with van der Waals surface area (Å²) in [6, 6.07) is 15.4. The second-order valence-corrected chi connectivity index (χ2v) is 7.64. The number of aryl methyl sites for hydroxylation is 1. The Morgan fingerprint density at radius 1 is 1.00 bits per heavy atom. The second-order valence-electron chi connectivity index (χ2n) is 6.78. The minimum atomic E-state index is -0.125. The number of nitrogens with zero attached hydrogens (tertiary/aromatic N) is 4. The third kappa shape index (κ3) is 3.25. The van der Waals surface area contributed by atoms with Crippen LogP contribution in [-0.2, 0) is 6.42 Å². The number of rotatable bonds is 4. The minimum Gasteiger partial charge on any atom is -0.293 e. The number of fused-ring (bicyclic) bond motifs is 1. The Morgan fingerprint density at radius 3 is 2.59 bits per heavy atom. The molecule has 0 radical (unpaired) electrons. The number of nitrogens with one attached hydrogen (secondary N) is 1. The van der Waals surface area contributed by atoms with Gasteiger partial charge in [-0.05, 0) is 24.6 Å². The zero-order valence-corrected chi connectivity index (χ0v) is 16.5. The number of hydrogen-bond donors (Lipinski definition) is 1. The highest BCUT2D eigenvalue weighted by Crippen LogP contribution is 2.27. The van der Waals surface area contributed by atoms with Crippen molar-refractivity contribution in [3.8, 4) is 21.7 Å². The molecule has 0 saturated carbocycles. The third-order valence-corrected chi connectivity index (χ3v) is 5.69. The Morgan fingerprint density at radius 2 is 1.79 bits per heavy atom. The Bertz CT molecular complexity index is 1350. The molecule has 142 valence electrons. The Labute approximate surface area is 170 Å². The number of pyridine rings is 1. The molecule has 0 bridgehead atoms. The first-order chi connectivity index (χ1) is 14.2. The van der Waals surface area contributed by atoms with E-state index in [4.69, 9.17) is 9.97 Å². The van der Waals surface area contributed by atoms with Crippen LogP contribution < -0.4 is 5.56 Å². The number of aromatic amines is 1. The molecule has 0 unspecified atom stereocenters. The van der Waals surface area contributed by atoms with E-state index in [0.29, 0.717) is 17.8 Å². The van der Waals surface area contributed by atoms with Gasteiger partial charge in [-0.3, -0.25) is 14.9 Å². The molecule has 4 aromatic heterocycles. The Kier molecular flexibility index (Phi) is 4.29. The van der Waals surface area contributed by atoms with E-state index in [1.165, 1.54) is 4.52 Å². The van der Waals surface area contributed by atoms with Gasteiger partial charge in [0.1, 0.15) is 5.01 Å². The molecule has 0 spiro atoms. The number of H-pyrrole nitrogens is 1. The Balaban J connectivity index is 1.55. The fraction of sp³-hybridized carbons (Fsp3) is 0.0909. The Hall–Kier alpha value is -3.58. The zero-order valence-electron chi connectivity index (χ0n) is 15.7. The van der Waals surface area contributed by atoms with Crippen LogP contribution in [0.4, 0.5) is 0 Å². The van der Waals surface area contributed by atoms with Crippen molar-refractivity contribution in [1.29, 1.82) is 0 Å². The van der Waals surface area contributed by atoms with Crippen molar-refractivity contribution in [3.63, 3.8) is 0 Å². The largest absolute Gasteiger partial charge is 0.293 e. The predicted octanol–water partition coefficient (Wildman–Crippen LogP) is 4.11. The molecule has 0 amide bonds. The first-order valence-corrected chi connectivity index (χ1v) is 10.1. The minimum absolute atomic E-state index is 0.125. The van der Waals surface area contributed by atoms with Crippen molar-refractivity contribution in [1.82, 2.24) is 24.6 Å². The molecule has 29 heavy (non-hydrogen) atoms. The average Bonchev–Trinajstić information content (AvgIpc) is 3.34. The second kappa shape index (κ2) is 7.10. The van der Waals surface area contributed by atoms with E-state index in [1.54, 1.807) is 29.8 Å². The summed E-state index contributed by atoms with van der Waals surface area (Å²) in [5.41, 5.74) is 6.03. The van der Waals surface area contributed by atoms with E-state index in [0.717, 1.165) is 33.1 Å². The van der Waals surface area contributed by atoms with Crippen LogP contribution in [0.1, 0.15) is 17.1 Å². The maximum Gasteiger partial charge on any atom is 0.272 e. The lowest BCUT2D eigenvalue weighted by Gasteiger charge is -2.02. The molecule has 6 nitrogen and oxygen atoms in total. The molecule has 0 aliphatic carbocycles. The van der Waals surface area contributed by atoms with Gasteiger partial charge in [-0.15, -0.1) is 11.3 Å². The lowest BCUT2D eigenvalue weighted by Crippen LogP contribution is -2.16. The smallest absolute Gasteiger partial charge is 0.272 e. The predicted molar refractivity (Wildman–Crippen MR) is 114 cm³/mol. The summed E-state index contributed by atoms with van der Waals surface area (Å²) in [5, 5.41) is 6.08. The van der Waals surface area contributed by atoms with Crippen molar-refractivity contribution in [2.45, 2.75) is 13.3 Å². The first-order valence-electron chi connectivity index (χ1n) is 9.20. The molecule has 0 fully saturated rings. The highest BCUT2D eigenvalue weighted by Gasteiger charge is 2.15. The molecular formula is C22H17N5OS. The van der Waals surface area contributed by atoms with Crippen molar-refractivity contribution < 1.29 is 0 Å². The van der Waals surface area contributed by atoms with Crippen LogP contribution in [0.25, 0.3) is 27.3 Å². The van der Waals surface area contributed by atoms with E-state index < -0.39 is 0 Å². The van der Waals surface area contributed by atoms with Crippen LogP contribution in [-0.4, -0.2) is 24.6 Å². The fourth-order valence-electron chi connectivity index (χ4n) is 3.44. The number of hydrogen-bond acceptors (Lipinski definition) is 5. The van der Waals surface area contributed by atoms with Gasteiger partial charge in [0.05, 0.1) is 11.4 Å². The first kappa shape index (κ1) is 17.5. The van der Waals surface area contributed by atoms with Gasteiger partial charge in [0.15, 0.2) is 5.65 Å². The SMILES string of the molecule is Cc1[nH]n2c(=O)cc(Cc3csc(-c4ccncc4)n3)nc2c1-c1ccccc1. The van der Waals surface area contributed by atoms with E-state index >= 15 is 0 Å². The van der Waals surface area contributed by atoms with Gasteiger partial charge in [0.25, 0.3) is 5.56 Å². The summed E-state index contributed by atoms with van der Waals surface area (Å²) < 4.78 is 1.50. The maximum atomic E-state index is 12.7. The molecule has 5 rings (SSSR count). The van der Waals surface area contributed by atoms with Gasteiger partial charge in [0.2, 0.25) is 0 Å². The van der Waals surface area contributed by atoms with Gasteiger partial charge < -0.3 is 0 Å². The summed E-state index contributed by atoms with van der Waals surface area (Å²) in [7, 11) is 0. The third-order valence-electron chi connectivity index (χ3n) is 4.75. The number of benzene rings is 1. The monoisotopic (exact) mass is 399 g/mol. The topological polar surface area (TPSA) is 75.9 Å². The molecule has 1 N–H and O–H groups in total. The van der Waals surface area contributed by atoms with Crippen LogP contribution >= 0.6 is 11.3 Å². The van der Waals surface area contributed by atoms with Gasteiger partial charge in [-0.1, -0.05) is 30.3 Å². The molecule has 7 heteroatoms. The van der Waals surface area contributed by atoms with Crippen molar-refractivity contribution >= 4 is 17.0 Å². The quantitative estimate of drug-likeness (QED) is 0.493. The van der Waals surface area contributed by atoms with Crippen LogP contribution in [0.2, 0.25) is 0 Å². The molecule has 0 atom stereocenters. The van der Waals surface area contributed by atoms with Crippen LogP contribution in [0.5, 0.6) is 0 Å². The molecule has 5 aromatic rings. The fourth-order valence-corrected chi connectivity index (χ4v) is 4.26. The van der Waals surface area contributed by atoms with Crippen LogP contribution in [0, 0.1) is 6.92 Å². The number of aromatic nitrogens is 5. The number of thiazole rings is 1. The summed E-state index contributed by atoms with van der Waals surface area (Å²) in [6.07, 6.45) is 4.02. The zero-order chi connectivity index (χ0) is 19.8. The normalized spacial score (nSPS) is 11.2. The molecule has 0 aliphatic rings. The van der Waals surface area contributed by atoms with E-state index in [2.05, 4.69) is 10.1 Å². The maximum absolute atomic E-state index is 12.7. The lowest BCUT2D eigenvalue weighted by molar-refractivity contribution is 0.864. The molecule has 4 heterocycles. The van der Waals surface area contributed by atoms with E-state index in [-0.39, 0.29) is 5.56 Å². The van der Waals surface area contributed by atoms with E-state index in [9.17, 15) is 4.79 Å². The highest BCUT2D eigenvalue weighted by molar-refractivity contribution is 7.13. The van der Waals surface area contributed by atoms with Crippen molar-refractivity contribution in [2.75, 3.05) is 0 Å². The van der Waals surface area contributed by atoms with Gasteiger partial charge in [-0.25, -0.2) is 14.5 Å². The standard InChI is InChI=1S/C22H17N5OS/c1-14-20(15-5-3-2-4-6-15)21-24-17(12-19(28)27(21)26-14)11-18-13-29-22(25-18)16-7-9-23-10-8-16/h2-10,12-13,26H,11H2,1H3. The van der Waals surface area contributed by atoms with Gasteiger partial charge in [0, 0.05) is 47.1 Å².